The van der Waals surface area contributed by atoms with Crippen molar-refractivity contribution in [3.63, 3.8) is 0 Å². The Morgan fingerprint density at radius 3 is 2.68 bits per heavy atom. The van der Waals surface area contributed by atoms with Crippen LogP contribution in [0.1, 0.15) is 38.3 Å². The van der Waals surface area contributed by atoms with Crippen LogP contribution in [-0.2, 0) is 27.4 Å². The molecule has 0 amide bonds. The van der Waals surface area contributed by atoms with Crippen LogP contribution in [0.5, 0.6) is 0 Å². The first-order valence-electron chi connectivity index (χ1n) is 7.78. The number of hydrogen-bond donors (Lipinski definition) is 2. The molecule has 9 heteroatoms. The van der Waals surface area contributed by atoms with Crippen LogP contribution < -0.4 is 5.23 Å². The van der Waals surface area contributed by atoms with Gasteiger partial charge in [-0.1, -0.05) is 0 Å². The molecule has 0 aliphatic rings. The Morgan fingerprint density at radius 2 is 2.16 bits per heavy atom. The van der Waals surface area contributed by atoms with Gasteiger partial charge in [0.1, 0.15) is 5.60 Å². The number of rotatable bonds is 9. The van der Waals surface area contributed by atoms with E-state index in [4.69, 9.17) is 4.74 Å². The molecule has 0 saturated carbocycles. The maximum absolute atomic E-state index is 12.0. The van der Waals surface area contributed by atoms with Gasteiger partial charge in [0.05, 0.1) is 24.1 Å². The third-order valence-electron chi connectivity index (χ3n) is 3.22. The average Bonchev–Trinajstić information content (AvgIpc) is 2.50. The highest BCUT2D eigenvalue weighted by Gasteiger charge is 2.23. The molecular formula is C16H22BN2O6. The number of aliphatic hydroxyl groups excluding tert-OH is 1. The molecule has 25 heavy (non-hydrogen) atoms. The summed E-state index contributed by atoms with van der Waals surface area (Å²) >= 11 is 0. The van der Waals surface area contributed by atoms with Crippen molar-refractivity contribution >= 4 is 25.3 Å². The summed E-state index contributed by atoms with van der Waals surface area (Å²) in [5, 5.41) is 23.2. The Labute approximate surface area is 147 Å². The number of carbonyl (C=O) groups excluding carboxylic acids is 2. The first kappa shape index (κ1) is 20.8. The molecule has 0 fully saturated rings. The van der Waals surface area contributed by atoms with E-state index in [9.17, 15) is 24.8 Å². The predicted octanol–water partition coefficient (Wildman–Crippen LogP) is 1.13. The molecule has 8 nitrogen and oxygen atoms in total. The second-order valence-electron chi connectivity index (χ2n) is 6.54. The van der Waals surface area contributed by atoms with Crippen molar-refractivity contribution in [3.8, 4) is 0 Å². The monoisotopic (exact) mass is 349 g/mol. The molecule has 0 aliphatic carbocycles. The molecule has 0 unspecified atom stereocenters. The SMILES string of the molecule is CC(C)(C)OC(=O)C[C@H](Cc1cc(CO)ccc1[N+](=O)[O-])N[B]C=O. The second-order valence-corrected chi connectivity index (χ2v) is 6.54. The fraction of sp³-hybridized carbons (Fsp3) is 0.500. The standard InChI is InChI=1S/C16H22BN2O6/c1-16(2,3)25-15(22)8-13(18-17-10-21)7-12-6-11(9-20)4-5-14(12)19(23)24/h4-6,10,13,18,20H,7-9H2,1-3H3/t13-/m0/s1. The Morgan fingerprint density at radius 1 is 1.48 bits per heavy atom. The van der Waals surface area contributed by atoms with Gasteiger partial charge in [-0.05, 0) is 44.9 Å². The molecule has 0 saturated heterocycles. The van der Waals surface area contributed by atoms with E-state index < -0.39 is 22.5 Å². The summed E-state index contributed by atoms with van der Waals surface area (Å²) < 4.78 is 5.25. The number of nitro benzene ring substituents is 1. The average molecular weight is 349 g/mol. The Balaban J connectivity index is 2.99. The fourth-order valence-electron chi connectivity index (χ4n) is 2.29. The van der Waals surface area contributed by atoms with Crippen LogP contribution in [-0.4, -0.2) is 41.2 Å². The molecule has 1 atom stereocenters. The van der Waals surface area contributed by atoms with Gasteiger partial charge in [0.25, 0.3) is 13.1 Å². The number of aliphatic hydroxyl groups is 1. The lowest BCUT2D eigenvalue weighted by atomic mass is 9.92. The van der Waals surface area contributed by atoms with Crippen LogP contribution in [0.4, 0.5) is 5.69 Å². The summed E-state index contributed by atoms with van der Waals surface area (Å²) in [6, 6.07) is 3.74. The molecule has 1 aromatic rings. The van der Waals surface area contributed by atoms with Crippen LogP contribution in [0.3, 0.4) is 0 Å². The maximum Gasteiger partial charge on any atom is 0.307 e. The topological polar surface area (TPSA) is 119 Å². The molecule has 0 aliphatic heterocycles. The van der Waals surface area contributed by atoms with Gasteiger partial charge in [-0.2, -0.15) is 0 Å². The molecular weight excluding hydrogens is 327 g/mol. The molecule has 1 radical (unpaired) electrons. The van der Waals surface area contributed by atoms with Crippen LogP contribution >= 0.6 is 0 Å². The van der Waals surface area contributed by atoms with Crippen LogP contribution in [0.25, 0.3) is 0 Å². The van der Waals surface area contributed by atoms with E-state index in [1.165, 1.54) is 18.2 Å². The molecule has 0 aromatic heterocycles. The Hall–Kier alpha value is -2.26. The zero-order chi connectivity index (χ0) is 19.0. The Kier molecular flexibility index (Phi) is 7.72. The lowest BCUT2D eigenvalue weighted by Crippen LogP contribution is -2.38. The van der Waals surface area contributed by atoms with Crippen molar-refractivity contribution in [2.24, 2.45) is 0 Å². The highest BCUT2D eigenvalue weighted by atomic mass is 16.6. The van der Waals surface area contributed by atoms with Gasteiger partial charge in [-0.25, -0.2) is 0 Å². The van der Waals surface area contributed by atoms with Gasteiger partial charge in [0, 0.05) is 17.7 Å². The van der Waals surface area contributed by atoms with Gasteiger partial charge >= 0.3 is 5.97 Å². The van der Waals surface area contributed by atoms with E-state index in [-0.39, 0.29) is 25.1 Å². The zero-order valence-electron chi connectivity index (χ0n) is 14.5. The third kappa shape index (κ3) is 7.44. The number of benzene rings is 1. The van der Waals surface area contributed by atoms with Gasteiger partial charge in [0.15, 0.2) is 0 Å². The first-order valence-corrected chi connectivity index (χ1v) is 7.78. The normalized spacial score (nSPS) is 12.3. The van der Waals surface area contributed by atoms with E-state index in [0.29, 0.717) is 17.3 Å². The lowest BCUT2D eigenvalue weighted by Gasteiger charge is -2.22. The minimum Gasteiger partial charge on any atom is -0.460 e. The van der Waals surface area contributed by atoms with Crippen LogP contribution in [0.2, 0.25) is 0 Å². The summed E-state index contributed by atoms with van der Waals surface area (Å²) in [6.45, 7) is 4.96. The number of carbonyl (C=O) groups is 2. The minimum atomic E-state index is -0.654. The van der Waals surface area contributed by atoms with E-state index in [1.807, 2.05) is 0 Å². The lowest BCUT2D eigenvalue weighted by molar-refractivity contribution is -0.385. The summed E-state index contributed by atoms with van der Waals surface area (Å²) in [7, 11) is 1.14. The molecule has 0 spiro atoms. The molecule has 135 valence electrons. The van der Waals surface area contributed by atoms with E-state index in [2.05, 4.69) is 5.23 Å². The highest BCUT2D eigenvalue weighted by Crippen LogP contribution is 2.23. The summed E-state index contributed by atoms with van der Waals surface area (Å²) in [5.41, 5.74) is 0.117. The highest BCUT2D eigenvalue weighted by molar-refractivity contribution is 6.64. The van der Waals surface area contributed by atoms with Gasteiger partial charge in [-0.3, -0.25) is 14.9 Å². The molecule has 0 heterocycles. The van der Waals surface area contributed by atoms with Crippen molar-refractivity contribution in [2.75, 3.05) is 0 Å². The molecule has 1 rings (SSSR count). The quantitative estimate of drug-likeness (QED) is 0.225. The largest absolute Gasteiger partial charge is 0.460 e. The van der Waals surface area contributed by atoms with Gasteiger partial charge < -0.3 is 19.9 Å². The number of nitrogens with zero attached hydrogens (tertiary/aromatic N) is 1. The molecule has 0 bridgehead atoms. The van der Waals surface area contributed by atoms with Crippen LogP contribution in [0, 0.1) is 10.1 Å². The minimum absolute atomic E-state index is 0.0673. The van der Waals surface area contributed by atoms with Gasteiger partial charge in [0.2, 0.25) is 0 Å². The van der Waals surface area contributed by atoms with E-state index in [0.717, 1.165) is 7.41 Å². The van der Waals surface area contributed by atoms with Crippen molar-refractivity contribution in [2.45, 2.75) is 51.9 Å². The third-order valence-corrected chi connectivity index (χ3v) is 3.22. The summed E-state index contributed by atoms with van der Waals surface area (Å²) in [4.78, 5) is 33.3. The number of nitrogens with one attached hydrogen (secondary N) is 1. The second kappa shape index (κ2) is 9.29. The van der Waals surface area contributed by atoms with E-state index in [1.54, 1.807) is 20.8 Å². The zero-order valence-corrected chi connectivity index (χ0v) is 14.5. The van der Waals surface area contributed by atoms with Crippen molar-refractivity contribution in [3.05, 3.63) is 39.4 Å². The summed E-state index contributed by atoms with van der Waals surface area (Å²) in [6.07, 6.45) is 0.580. The smallest absolute Gasteiger partial charge is 0.307 e. The van der Waals surface area contributed by atoms with Crippen molar-refractivity contribution in [1.82, 2.24) is 5.23 Å². The first-order chi connectivity index (χ1) is 11.7. The van der Waals surface area contributed by atoms with Gasteiger partial charge in [-0.15, -0.1) is 0 Å². The number of esters is 1. The van der Waals surface area contributed by atoms with Crippen molar-refractivity contribution in [1.29, 1.82) is 0 Å². The fourth-order valence-corrected chi connectivity index (χ4v) is 2.29. The summed E-state index contributed by atoms with van der Waals surface area (Å²) in [5.74, 6) is -0.481. The molecule has 2 N–H and O–H groups in total. The van der Waals surface area contributed by atoms with E-state index >= 15 is 0 Å². The number of ether oxygens (including phenoxy) is 1. The van der Waals surface area contributed by atoms with Crippen LogP contribution in [0.15, 0.2) is 18.2 Å². The Bertz CT molecular complexity index is 630. The molecule has 1 aromatic carbocycles. The van der Waals surface area contributed by atoms with Crippen molar-refractivity contribution < 1.29 is 24.4 Å². The maximum atomic E-state index is 12.0. The number of nitro groups is 1. The number of hydrogen-bond acceptors (Lipinski definition) is 7. The predicted molar refractivity (Wildman–Crippen MR) is 92.6 cm³/mol.